The van der Waals surface area contributed by atoms with E-state index in [4.69, 9.17) is 0 Å². The van der Waals surface area contributed by atoms with Gasteiger partial charge in [0.1, 0.15) is 0 Å². The van der Waals surface area contributed by atoms with Gasteiger partial charge in [-0.15, -0.1) is 6.58 Å². The molecule has 2 rings (SSSR count). The summed E-state index contributed by atoms with van der Waals surface area (Å²) in [4.78, 5) is 0. The second-order valence-corrected chi connectivity index (χ2v) is 6.22. The van der Waals surface area contributed by atoms with E-state index in [-0.39, 0.29) is 0 Å². The molecule has 0 unspecified atom stereocenters. The molecule has 0 fully saturated rings. The summed E-state index contributed by atoms with van der Waals surface area (Å²) < 4.78 is 0. The fourth-order valence-electron chi connectivity index (χ4n) is 2.42. The first-order valence-corrected chi connectivity index (χ1v) is 8.63. The van der Waals surface area contributed by atoms with Crippen LogP contribution in [0.25, 0.3) is 5.57 Å². The molecule has 1 aliphatic rings. The van der Waals surface area contributed by atoms with Crippen LogP contribution in [0.1, 0.15) is 55.9 Å². The molecule has 1 aromatic rings. The van der Waals surface area contributed by atoms with Crippen molar-refractivity contribution in [2.75, 3.05) is 0 Å². The third-order valence-corrected chi connectivity index (χ3v) is 3.92. The maximum atomic E-state index is 3.97. The monoisotopic (exact) mass is 322 g/mol. The number of hydrogen-bond acceptors (Lipinski definition) is 0. The van der Waals surface area contributed by atoms with E-state index in [1.165, 1.54) is 33.4 Å². The van der Waals surface area contributed by atoms with E-state index in [0.717, 1.165) is 18.4 Å². The highest BCUT2D eigenvalue weighted by molar-refractivity contribution is 5.66. The molecule has 0 aromatic heterocycles. The van der Waals surface area contributed by atoms with Gasteiger partial charge < -0.3 is 0 Å². The summed E-state index contributed by atoms with van der Waals surface area (Å²) in [5.41, 5.74) is 9.15. The molecule has 1 aromatic carbocycles. The minimum Gasteiger partial charge on any atom is -0.103 e. The predicted molar refractivity (Wildman–Crippen MR) is 113 cm³/mol. The molecule has 0 saturated carbocycles. The Morgan fingerprint density at radius 3 is 2.17 bits per heavy atom. The first kappa shape index (κ1) is 21.9. The normalized spacial score (nSPS) is 11.5. The molecule has 0 nitrogen and oxygen atoms in total. The van der Waals surface area contributed by atoms with Crippen LogP contribution in [-0.2, 0) is 0 Å². The average molecular weight is 323 g/mol. The Labute approximate surface area is 150 Å². The van der Waals surface area contributed by atoms with Gasteiger partial charge in [-0.05, 0) is 69.7 Å². The van der Waals surface area contributed by atoms with Crippen molar-refractivity contribution in [2.24, 2.45) is 0 Å². The summed E-state index contributed by atoms with van der Waals surface area (Å²) in [7, 11) is 0. The number of rotatable bonds is 3. The topological polar surface area (TPSA) is 0 Å². The Hall–Kier alpha value is -2.08. The summed E-state index contributed by atoms with van der Waals surface area (Å²) in [5, 5.41) is 0. The van der Waals surface area contributed by atoms with Crippen molar-refractivity contribution in [3.8, 4) is 0 Å². The van der Waals surface area contributed by atoms with E-state index in [9.17, 15) is 0 Å². The van der Waals surface area contributed by atoms with Crippen molar-refractivity contribution in [3.05, 3.63) is 89.6 Å². The fourth-order valence-corrected chi connectivity index (χ4v) is 2.42. The van der Waals surface area contributed by atoms with E-state index in [1.54, 1.807) is 6.08 Å². The number of hydrogen-bond donors (Lipinski definition) is 0. The van der Waals surface area contributed by atoms with Crippen LogP contribution in [0.4, 0.5) is 0 Å². The van der Waals surface area contributed by atoms with Crippen LogP contribution in [0.2, 0.25) is 0 Å². The molecule has 0 atom stereocenters. The molecule has 0 heterocycles. The molecule has 1 aliphatic carbocycles. The lowest BCUT2D eigenvalue weighted by molar-refractivity contribution is 1.09. The van der Waals surface area contributed by atoms with Crippen LogP contribution in [-0.4, -0.2) is 0 Å². The van der Waals surface area contributed by atoms with Crippen LogP contribution < -0.4 is 0 Å². The van der Waals surface area contributed by atoms with Crippen molar-refractivity contribution in [1.29, 1.82) is 0 Å². The molecule has 0 spiro atoms. The van der Waals surface area contributed by atoms with Gasteiger partial charge in [0.2, 0.25) is 0 Å². The van der Waals surface area contributed by atoms with Crippen LogP contribution >= 0.6 is 0 Å². The van der Waals surface area contributed by atoms with Gasteiger partial charge in [0.15, 0.2) is 0 Å². The van der Waals surface area contributed by atoms with Crippen molar-refractivity contribution in [2.45, 2.75) is 54.4 Å². The molecular weight excluding hydrogens is 288 g/mol. The molecule has 0 saturated heterocycles. The Morgan fingerprint density at radius 1 is 1.17 bits per heavy atom. The van der Waals surface area contributed by atoms with Gasteiger partial charge in [-0.1, -0.05) is 73.2 Å². The van der Waals surface area contributed by atoms with E-state index >= 15 is 0 Å². The number of aryl methyl sites for hydroxylation is 2. The van der Waals surface area contributed by atoms with Crippen molar-refractivity contribution in [1.82, 2.24) is 0 Å². The molecule has 0 radical (unpaired) electrons. The van der Waals surface area contributed by atoms with Crippen LogP contribution in [0.5, 0.6) is 0 Å². The van der Waals surface area contributed by atoms with Gasteiger partial charge in [-0.2, -0.15) is 0 Å². The molecule has 0 N–H and O–H groups in total. The lowest BCUT2D eigenvalue weighted by Gasteiger charge is -2.09. The van der Waals surface area contributed by atoms with E-state index in [2.05, 4.69) is 84.7 Å². The Balaban J connectivity index is 0.000000390. The smallest absolute Gasteiger partial charge is 0.00918 e. The highest BCUT2D eigenvalue weighted by atomic mass is 14.1. The SMILES string of the molecule is C=C(C)c1cc(C)cc(C)c1C.C=C(CC)C1=CC=CC1.C=CC. The molecular formula is C24H34. The Bertz CT molecular complexity index is 636. The number of benzene rings is 1. The van der Waals surface area contributed by atoms with Crippen molar-refractivity contribution in [3.63, 3.8) is 0 Å². The van der Waals surface area contributed by atoms with Gasteiger partial charge in [-0.3, -0.25) is 0 Å². The fraction of sp³-hybridized carbons (Fsp3) is 0.333. The third kappa shape index (κ3) is 7.46. The summed E-state index contributed by atoms with van der Waals surface area (Å²) in [6, 6.07) is 4.41. The first-order valence-electron chi connectivity index (χ1n) is 8.63. The zero-order chi connectivity index (χ0) is 18.7. The average Bonchev–Trinajstić information content (AvgIpc) is 3.05. The minimum absolute atomic E-state index is 1.08. The minimum atomic E-state index is 1.08. The molecule has 24 heavy (non-hydrogen) atoms. The van der Waals surface area contributed by atoms with E-state index in [0.29, 0.717) is 0 Å². The third-order valence-electron chi connectivity index (χ3n) is 3.92. The van der Waals surface area contributed by atoms with Gasteiger partial charge in [-0.25, -0.2) is 0 Å². The maximum Gasteiger partial charge on any atom is -0.00918 e. The summed E-state index contributed by atoms with van der Waals surface area (Å²) >= 11 is 0. The summed E-state index contributed by atoms with van der Waals surface area (Å²) in [6.45, 7) is 23.8. The maximum absolute atomic E-state index is 3.97. The molecule has 0 bridgehead atoms. The van der Waals surface area contributed by atoms with Crippen LogP contribution in [0.15, 0.2) is 67.3 Å². The van der Waals surface area contributed by atoms with Gasteiger partial charge in [0, 0.05) is 0 Å². The van der Waals surface area contributed by atoms with E-state index in [1.807, 2.05) is 6.92 Å². The first-order chi connectivity index (χ1) is 11.3. The largest absolute Gasteiger partial charge is 0.103 e. The van der Waals surface area contributed by atoms with Crippen LogP contribution in [0, 0.1) is 20.8 Å². The quantitative estimate of drug-likeness (QED) is 0.501. The lowest BCUT2D eigenvalue weighted by Crippen LogP contribution is -1.90. The van der Waals surface area contributed by atoms with Gasteiger partial charge in [0.05, 0.1) is 0 Å². The van der Waals surface area contributed by atoms with Gasteiger partial charge in [0.25, 0.3) is 0 Å². The predicted octanol–water partition coefficient (Wildman–Crippen LogP) is 7.68. The standard InChI is InChI=1S/C12H16.C9H12.C3H6/c1-8(2)12-7-9(3)6-10(4)11(12)5;1-3-8(2)9-6-4-5-7-9;1-3-2/h6-7H,1H2,2-5H3;4-6H,2-3,7H2,1H3;3H,1H2,2H3. The summed E-state index contributed by atoms with van der Waals surface area (Å²) in [5.74, 6) is 0. The number of allylic oxidation sites excluding steroid dienone is 7. The van der Waals surface area contributed by atoms with Crippen LogP contribution in [0.3, 0.4) is 0 Å². The van der Waals surface area contributed by atoms with Crippen molar-refractivity contribution < 1.29 is 0 Å². The second-order valence-electron chi connectivity index (χ2n) is 6.22. The Morgan fingerprint density at radius 2 is 1.75 bits per heavy atom. The second kappa shape index (κ2) is 11.5. The molecule has 0 heteroatoms. The van der Waals surface area contributed by atoms with E-state index < -0.39 is 0 Å². The lowest BCUT2D eigenvalue weighted by atomic mass is 9.96. The summed E-state index contributed by atoms with van der Waals surface area (Å²) in [6.07, 6.45) is 10.3. The molecule has 130 valence electrons. The van der Waals surface area contributed by atoms with Crippen molar-refractivity contribution >= 4 is 5.57 Å². The molecule has 0 amide bonds. The van der Waals surface area contributed by atoms with Gasteiger partial charge >= 0.3 is 0 Å². The Kier molecular flexibility index (Phi) is 10.5. The zero-order valence-electron chi connectivity index (χ0n) is 16.5. The highest BCUT2D eigenvalue weighted by Crippen LogP contribution is 2.21. The molecule has 0 aliphatic heterocycles. The highest BCUT2D eigenvalue weighted by Gasteiger charge is 2.02. The zero-order valence-corrected chi connectivity index (χ0v) is 16.5.